The van der Waals surface area contributed by atoms with Crippen LogP contribution in [0.15, 0.2) is 41.2 Å². The molecule has 0 spiro atoms. The van der Waals surface area contributed by atoms with Crippen LogP contribution in [-0.2, 0) is 9.47 Å². The molecule has 1 fully saturated rings. The van der Waals surface area contributed by atoms with Crippen LogP contribution in [0.3, 0.4) is 0 Å². The molecule has 0 saturated heterocycles. The number of hydrogen-bond acceptors (Lipinski definition) is 8. The Morgan fingerprint density at radius 1 is 1.08 bits per heavy atom. The van der Waals surface area contributed by atoms with Gasteiger partial charge in [-0.2, -0.15) is 4.68 Å². The number of carboxylic acids is 1. The molecule has 1 saturated carbocycles. The quantitative estimate of drug-likeness (QED) is 0.230. The molecule has 2 aromatic carbocycles. The number of anilines is 1. The third-order valence-electron chi connectivity index (χ3n) is 6.26. The number of nitrogens with zero attached hydrogens (tertiary/aromatic N) is 5. The van der Waals surface area contributed by atoms with E-state index in [2.05, 4.69) is 10.4 Å². The molecule has 0 bridgehead atoms. The fourth-order valence-corrected chi connectivity index (χ4v) is 4.38. The van der Waals surface area contributed by atoms with Crippen molar-refractivity contribution < 1.29 is 37.7 Å². The maximum absolute atomic E-state index is 14.3. The number of carbonyl (C=O) groups excluding carboxylic acids is 1. The van der Waals surface area contributed by atoms with Gasteiger partial charge in [0.25, 0.3) is 0 Å². The highest BCUT2D eigenvalue weighted by Crippen LogP contribution is 2.31. The highest BCUT2D eigenvalue weighted by molar-refractivity contribution is 5.97. The van der Waals surface area contributed by atoms with E-state index >= 15 is 0 Å². The summed E-state index contributed by atoms with van der Waals surface area (Å²) < 4.78 is 44.9. The number of halogens is 2. The average molecular weight is 548 g/mol. The van der Waals surface area contributed by atoms with E-state index in [4.69, 9.17) is 14.2 Å². The lowest BCUT2D eigenvalue weighted by atomic mass is 9.94. The Labute approximate surface area is 221 Å². The molecule has 3 aromatic rings. The second-order valence-electron chi connectivity index (χ2n) is 8.75. The fourth-order valence-electron chi connectivity index (χ4n) is 4.38. The zero-order chi connectivity index (χ0) is 27.9. The summed E-state index contributed by atoms with van der Waals surface area (Å²) in [4.78, 5) is 40.0. The lowest BCUT2D eigenvalue weighted by Gasteiger charge is -2.33. The van der Waals surface area contributed by atoms with E-state index in [9.17, 15) is 28.3 Å². The predicted molar refractivity (Wildman–Crippen MR) is 132 cm³/mol. The normalized spacial score (nSPS) is 13.8. The average Bonchev–Trinajstić information content (AvgIpc) is 3.30. The van der Waals surface area contributed by atoms with Crippen molar-refractivity contribution in [3.05, 3.63) is 64.1 Å². The second kappa shape index (κ2) is 12.6. The van der Waals surface area contributed by atoms with Crippen molar-refractivity contribution in [3.8, 4) is 11.4 Å². The first-order valence-electron chi connectivity index (χ1n) is 12.2. The molecule has 39 heavy (non-hydrogen) atoms. The number of carboxylic acid groups (broad SMARTS) is 1. The summed E-state index contributed by atoms with van der Waals surface area (Å²) in [5.41, 5.74) is -2.01. The van der Waals surface area contributed by atoms with Crippen LogP contribution in [0.5, 0.6) is 5.75 Å². The van der Waals surface area contributed by atoms with Crippen molar-refractivity contribution >= 4 is 17.7 Å². The monoisotopic (exact) mass is 547 g/mol. The molecule has 0 unspecified atom stereocenters. The maximum atomic E-state index is 14.3. The number of aromatic nitrogens is 4. The van der Waals surface area contributed by atoms with E-state index in [1.165, 1.54) is 30.2 Å². The fraction of sp³-hybridized carbons (Fsp3) is 0.400. The second-order valence-corrected chi connectivity index (χ2v) is 8.75. The molecule has 1 aliphatic carbocycles. The first-order valence-corrected chi connectivity index (χ1v) is 12.2. The molecule has 1 amide bonds. The van der Waals surface area contributed by atoms with Gasteiger partial charge >= 0.3 is 17.7 Å². The highest BCUT2D eigenvalue weighted by Gasteiger charge is 2.32. The SMILES string of the molecule is COCCOCOc1ccc(N(C(=O)n2nnn(-c3c(F)cccc3F)c2=O)C2CCCCC2)cc1C(=O)O. The summed E-state index contributed by atoms with van der Waals surface area (Å²) >= 11 is 0. The Hall–Kier alpha value is -4.17. The Balaban J connectivity index is 1.70. The molecule has 0 atom stereocenters. The van der Waals surface area contributed by atoms with Gasteiger partial charge in [0.05, 0.1) is 13.2 Å². The number of carbonyl (C=O) groups is 2. The van der Waals surface area contributed by atoms with Crippen LogP contribution in [0, 0.1) is 11.6 Å². The van der Waals surface area contributed by atoms with Gasteiger partial charge in [0, 0.05) is 18.8 Å². The minimum absolute atomic E-state index is 0.0119. The standard InChI is InChI=1S/C25H27F2N5O7/c1-37-12-13-38-15-39-21-11-10-17(14-18(21)23(33)34)30(16-6-3-2-4-7-16)24(35)32-25(36)31(28-29-32)22-19(26)8-5-9-20(22)27/h5,8-11,14,16H,2-4,6-7,12-13,15H2,1H3,(H,33,34). The molecule has 0 aliphatic heterocycles. The van der Waals surface area contributed by atoms with Crippen LogP contribution in [0.2, 0.25) is 0 Å². The Morgan fingerprint density at radius 3 is 2.46 bits per heavy atom. The van der Waals surface area contributed by atoms with E-state index in [1.54, 1.807) is 0 Å². The number of para-hydroxylation sites is 1. The van der Waals surface area contributed by atoms with Gasteiger partial charge in [-0.25, -0.2) is 23.2 Å². The van der Waals surface area contributed by atoms with E-state index < -0.39 is 35.0 Å². The zero-order valence-corrected chi connectivity index (χ0v) is 21.1. The van der Waals surface area contributed by atoms with Crippen LogP contribution in [0.4, 0.5) is 19.3 Å². The molecule has 0 radical (unpaired) electrons. The molecular weight excluding hydrogens is 520 g/mol. The van der Waals surface area contributed by atoms with Crippen LogP contribution in [0.25, 0.3) is 5.69 Å². The van der Waals surface area contributed by atoms with Crippen molar-refractivity contribution in [3.63, 3.8) is 0 Å². The minimum Gasteiger partial charge on any atom is -0.478 e. The molecule has 4 rings (SSSR count). The lowest BCUT2D eigenvalue weighted by molar-refractivity contribution is -0.00896. The zero-order valence-electron chi connectivity index (χ0n) is 21.1. The molecule has 1 aromatic heterocycles. The number of methoxy groups -OCH3 is 1. The number of tetrazole rings is 1. The predicted octanol–water partition coefficient (Wildman–Crippen LogP) is 3.21. The lowest BCUT2D eigenvalue weighted by Crippen LogP contribution is -2.47. The van der Waals surface area contributed by atoms with Crippen molar-refractivity contribution in [1.29, 1.82) is 0 Å². The number of aromatic carboxylic acids is 1. The van der Waals surface area contributed by atoms with Gasteiger partial charge in [-0.15, -0.1) is 4.68 Å². The third kappa shape index (κ3) is 6.12. The van der Waals surface area contributed by atoms with Gasteiger partial charge in [0.15, 0.2) is 18.4 Å². The van der Waals surface area contributed by atoms with E-state index in [0.717, 1.165) is 37.5 Å². The topological polar surface area (TPSA) is 138 Å². The van der Waals surface area contributed by atoms with Gasteiger partial charge in [0.2, 0.25) is 0 Å². The molecule has 1 aliphatic rings. The summed E-state index contributed by atoms with van der Waals surface area (Å²) in [5.74, 6) is -3.42. The first kappa shape index (κ1) is 27.9. The van der Waals surface area contributed by atoms with Crippen LogP contribution in [0.1, 0.15) is 42.5 Å². The molecule has 1 heterocycles. The van der Waals surface area contributed by atoms with Crippen molar-refractivity contribution in [2.75, 3.05) is 32.0 Å². The highest BCUT2D eigenvalue weighted by atomic mass is 19.1. The van der Waals surface area contributed by atoms with E-state index in [-0.39, 0.29) is 36.4 Å². The van der Waals surface area contributed by atoms with Crippen LogP contribution >= 0.6 is 0 Å². The maximum Gasteiger partial charge on any atom is 0.377 e. The van der Waals surface area contributed by atoms with Gasteiger partial charge in [-0.05, 0) is 53.6 Å². The van der Waals surface area contributed by atoms with E-state index in [0.29, 0.717) is 28.8 Å². The summed E-state index contributed by atoms with van der Waals surface area (Å²) in [6.45, 7) is 0.354. The first-order chi connectivity index (χ1) is 18.8. The van der Waals surface area contributed by atoms with Crippen molar-refractivity contribution in [1.82, 2.24) is 19.8 Å². The van der Waals surface area contributed by atoms with Gasteiger partial charge in [-0.3, -0.25) is 4.90 Å². The van der Waals surface area contributed by atoms with Gasteiger partial charge in [0.1, 0.15) is 17.0 Å². The number of amides is 1. The van der Waals surface area contributed by atoms with Crippen molar-refractivity contribution in [2.45, 2.75) is 38.1 Å². The summed E-state index contributed by atoms with van der Waals surface area (Å²) in [6.07, 6.45) is 3.75. The summed E-state index contributed by atoms with van der Waals surface area (Å²) in [5, 5.41) is 16.9. The number of benzene rings is 2. The van der Waals surface area contributed by atoms with E-state index in [1.807, 2.05) is 0 Å². The number of rotatable bonds is 10. The van der Waals surface area contributed by atoms with Crippen LogP contribution in [-0.4, -0.2) is 70.1 Å². The number of hydrogen-bond donors (Lipinski definition) is 1. The molecule has 1 N–H and O–H groups in total. The molecular formula is C25H27F2N5O7. The Bertz CT molecular complexity index is 1370. The molecule has 208 valence electrons. The number of ether oxygens (including phenoxy) is 3. The van der Waals surface area contributed by atoms with Gasteiger partial charge < -0.3 is 19.3 Å². The van der Waals surface area contributed by atoms with Crippen molar-refractivity contribution in [2.24, 2.45) is 0 Å². The Kier molecular flexibility index (Phi) is 8.99. The molecule has 14 heteroatoms. The largest absolute Gasteiger partial charge is 0.478 e. The van der Waals surface area contributed by atoms with Gasteiger partial charge in [-0.1, -0.05) is 25.3 Å². The smallest absolute Gasteiger partial charge is 0.377 e. The third-order valence-corrected chi connectivity index (χ3v) is 6.26. The summed E-state index contributed by atoms with van der Waals surface area (Å²) in [7, 11) is 1.51. The molecule has 12 nitrogen and oxygen atoms in total. The Morgan fingerprint density at radius 2 is 1.79 bits per heavy atom. The summed E-state index contributed by atoms with van der Waals surface area (Å²) in [6, 6.07) is 5.80. The van der Waals surface area contributed by atoms with Crippen LogP contribution < -0.4 is 15.3 Å². The minimum atomic E-state index is -1.31.